The zero-order valence-corrected chi connectivity index (χ0v) is 10.1. The molecular formula is C8H9BrINO. The molecule has 1 aromatic carbocycles. The number of halogens is 2. The summed E-state index contributed by atoms with van der Waals surface area (Å²) in [7, 11) is 0. The summed E-state index contributed by atoms with van der Waals surface area (Å²) in [5.41, 5.74) is 1.02. The summed E-state index contributed by atoms with van der Waals surface area (Å²) in [5.74, 6) is 0. The topological polar surface area (TPSA) is 32.3 Å². The molecule has 0 heterocycles. The lowest BCUT2D eigenvalue weighted by Crippen LogP contribution is -2.05. The first kappa shape index (κ1) is 10.3. The Labute approximate surface area is 93.6 Å². The van der Waals surface area contributed by atoms with Crippen LogP contribution in [0.3, 0.4) is 0 Å². The minimum Gasteiger partial charge on any atom is -0.395 e. The fraction of sp³-hybridized carbons (Fsp3) is 0.250. The number of rotatable bonds is 3. The Hall–Kier alpha value is 0.190. The molecule has 0 aliphatic rings. The Morgan fingerprint density at radius 3 is 2.92 bits per heavy atom. The average Bonchev–Trinajstić information content (AvgIpc) is 2.07. The fourth-order valence-electron chi connectivity index (χ4n) is 0.824. The summed E-state index contributed by atoms with van der Waals surface area (Å²) in [5, 5.41) is 11.7. The highest BCUT2D eigenvalue weighted by atomic mass is 127. The van der Waals surface area contributed by atoms with Crippen LogP contribution in [0.5, 0.6) is 0 Å². The molecular weight excluding hydrogens is 333 g/mol. The second kappa shape index (κ2) is 5.04. The summed E-state index contributed by atoms with van der Waals surface area (Å²) in [6.07, 6.45) is 0. The van der Waals surface area contributed by atoms with Crippen molar-refractivity contribution in [1.29, 1.82) is 0 Å². The van der Waals surface area contributed by atoms with Gasteiger partial charge >= 0.3 is 0 Å². The molecule has 0 fully saturated rings. The molecule has 0 aromatic heterocycles. The Morgan fingerprint density at radius 1 is 1.50 bits per heavy atom. The van der Waals surface area contributed by atoms with Crippen LogP contribution in [0.4, 0.5) is 5.69 Å². The van der Waals surface area contributed by atoms with Crippen LogP contribution in [-0.4, -0.2) is 18.3 Å². The van der Waals surface area contributed by atoms with Gasteiger partial charge in [0.2, 0.25) is 0 Å². The van der Waals surface area contributed by atoms with Crippen molar-refractivity contribution < 1.29 is 5.11 Å². The third-order valence-electron chi connectivity index (χ3n) is 1.36. The summed E-state index contributed by atoms with van der Waals surface area (Å²) in [6.45, 7) is 0.733. The van der Waals surface area contributed by atoms with Crippen molar-refractivity contribution in [3.05, 3.63) is 26.2 Å². The van der Waals surface area contributed by atoms with Crippen molar-refractivity contribution in [3.63, 3.8) is 0 Å². The lowest BCUT2D eigenvalue weighted by Gasteiger charge is -2.06. The number of aliphatic hydroxyl groups is 1. The summed E-state index contributed by atoms with van der Waals surface area (Å²) < 4.78 is 2.20. The Kier molecular flexibility index (Phi) is 4.31. The van der Waals surface area contributed by atoms with Crippen LogP contribution in [-0.2, 0) is 0 Å². The predicted octanol–water partition coefficient (Wildman–Crippen LogP) is 2.46. The van der Waals surface area contributed by atoms with Gasteiger partial charge < -0.3 is 10.4 Å². The monoisotopic (exact) mass is 341 g/mol. The Balaban J connectivity index is 2.75. The van der Waals surface area contributed by atoms with Gasteiger partial charge in [0.05, 0.1) is 6.61 Å². The number of anilines is 1. The van der Waals surface area contributed by atoms with Crippen LogP contribution in [0.2, 0.25) is 0 Å². The molecule has 0 aliphatic carbocycles. The van der Waals surface area contributed by atoms with Crippen molar-refractivity contribution in [1.82, 2.24) is 0 Å². The van der Waals surface area contributed by atoms with Crippen molar-refractivity contribution in [2.45, 2.75) is 0 Å². The van der Waals surface area contributed by atoms with Crippen LogP contribution in [0.1, 0.15) is 0 Å². The zero-order valence-electron chi connectivity index (χ0n) is 6.35. The molecule has 12 heavy (non-hydrogen) atoms. The Bertz CT molecular complexity index is 267. The van der Waals surface area contributed by atoms with Gasteiger partial charge in [0.15, 0.2) is 0 Å². The van der Waals surface area contributed by atoms with Crippen LogP contribution in [0.25, 0.3) is 0 Å². The third-order valence-corrected chi connectivity index (χ3v) is 2.72. The summed E-state index contributed by atoms with van der Waals surface area (Å²) in [4.78, 5) is 0. The molecule has 2 nitrogen and oxygen atoms in total. The van der Waals surface area contributed by atoms with E-state index in [2.05, 4.69) is 43.8 Å². The normalized spacial score (nSPS) is 9.92. The van der Waals surface area contributed by atoms with Gasteiger partial charge in [0.1, 0.15) is 0 Å². The maximum Gasteiger partial charge on any atom is 0.0604 e. The SMILES string of the molecule is OCCNc1cc(I)ccc1Br. The van der Waals surface area contributed by atoms with Gasteiger partial charge in [0.25, 0.3) is 0 Å². The quantitative estimate of drug-likeness (QED) is 0.828. The molecule has 2 N–H and O–H groups in total. The molecule has 0 amide bonds. The van der Waals surface area contributed by atoms with Crippen molar-refractivity contribution in [2.24, 2.45) is 0 Å². The van der Waals surface area contributed by atoms with Gasteiger partial charge in [-0.05, 0) is 56.7 Å². The lowest BCUT2D eigenvalue weighted by atomic mass is 10.3. The van der Waals surface area contributed by atoms with E-state index in [0.29, 0.717) is 6.54 Å². The first-order valence-corrected chi connectivity index (χ1v) is 5.41. The van der Waals surface area contributed by atoms with Crippen LogP contribution in [0.15, 0.2) is 22.7 Å². The molecule has 0 unspecified atom stereocenters. The number of aliphatic hydroxyl groups excluding tert-OH is 1. The molecule has 0 bridgehead atoms. The molecule has 0 radical (unpaired) electrons. The van der Waals surface area contributed by atoms with Crippen molar-refractivity contribution in [3.8, 4) is 0 Å². The fourth-order valence-corrected chi connectivity index (χ4v) is 1.70. The van der Waals surface area contributed by atoms with E-state index in [4.69, 9.17) is 5.11 Å². The minimum absolute atomic E-state index is 0.151. The second-order valence-corrected chi connectivity index (χ2v) is 4.37. The smallest absolute Gasteiger partial charge is 0.0604 e. The van der Waals surface area contributed by atoms with E-state index in [0.717, 1.165) is 10.2 Å². The number of hydrogen-bond donors (Lipinski definition) is 2. The molecule has 0 atom stereocenters. The van der Waals surface area contributed by atoms with Gasteiger partial charge in [-0.1, -0.05) is 0 Å². The number of nitrogens with one attached hydrogen (secondary N) is 1. The van der Waals surface area contributed by atoms with E-state index in [9.17, 15) is 0 Å². The second-order valence-electron chi connectivity index (χ2n) is 2.27. The molecule has 0 saturated heterocycles. The van der Waals surface area contributed by atoms with Gasteiger partial charge in [-0.2, -0.15) is 0 Å². The van der Waals surface area contributed by atoms with Gasteiger partial charge in [0, 0.05) is 20.3 Å². The zero-order chi connectivity index (χ0) is 8.97. The van der Waals surface area contributed by atoms with Crippen LogP contribution < -0.4 is 5.32 Å². The summed E-state index contributed by atoms with van der Waals surface area (Å²) in [6, 6.07) is 6.04. The van der Waals surface area contributed by atoms with E-state index < -0.39 is 0 Å². The molecule has 1 aromatic rings. The average molecular weight is 342 g/mol. The molecule has 4 heteroatoms. The van der Waals surface area contributed by atoms with E-state index in [1.807, 2.05) is 18.2 Å². The van der Waals surface area contributed by atoms with Crippen LogP contribution in [0, 0.1) is 3.57 Å². The first-order chi connectivity index (χ1) is 5.74. The minimum atomic E-state index is 0.151. The molecule has 0 aliphatic heterocycles. The van der Waals surface area contributed by atoms with E-state index in [1.165, 1.54) is 3.57 Å². The maximum absolute atomic E-state index is 8.61. The lowest BCUT2D eigenvalue weighted by molar-refractivity contribution is 0.311. The van der Waals surface area contributed by atoms with E-state index >= 15 is 0 Å². The molecule has 0 saturated carbocycles. The van der Waals surface area contributed by atoms with Crippen molar-refractivity contribution in [2.75, 3.05) is 18.5 Å². The van der Waals surface area contributed by atoms with Gasteiger partial charge in [-0.25, -0.2) is 0 Å². The van der Waals surface area contributed by atoms with Crippen molar-refractivity contribution >= 4 is 44.2 Å². The van der Waals surface area contributed by atoms with E-state index in [-0.39, 0.29) is 6.61 Å². The largest absolute Gasteiger partial charge is 0.395 e. The van der Waals surface area contributed by atoms with Gasteiger partial charge in [-0.3, -0.25) is 0 Å². The standard InChI is InChI=1S/C8H9BrINO/c9-7-2-1-6(10)5-8(7)11-3-4-12/h1-2,5,11-12H,3-4H2. The third kappa shape index (κ3) is 2.91. The highest BCUT2D eigenvalue weighted by molar-refractivity contribution is 14.1. The highest BCUT2D eigenvalue weighted by Crippen LogP contribution is 2.23. The highest BCUT2D eigenvalue weighted by Gasteiger charge is 1.98. The molecule has 0 spiro atoms. The summed E-state index contributed by atoms with van der Waals surface area (Å²) >= 11 is 5.66. The Morgan fingerprint density at radius 2 is 2.25 bits per heavy atom. The molecule has 1 rings (SSSR count). The number of hydrogen-bond acceptors (Lipinski definition) is 2. The predicted molar refractivity (Wildman–Crippen MR) is 62.4 cm³/mol. The number of benzene rings is 1. The molecule has 66 valence electrons. The van der Waals surface area contributed by atoms with Crippen LogP contribution >= 0.6 is 38.5 Å². The van der Waals surface area contributed by atoms with Gasteiger partial charge in [-0.15, -0.1) is 0 Å². The first-order valence-electron chi connectivity index (χ1n) is 3.54. The van der Waals surface area contributed by atoms with E-state index in [1.54, 1.807) is 0 Å². The maximum atomic E-state index is 8.61.